The van der Waals surface area contributed by atoms with E-state index < -0.39 is 0 Å². The van der Waals surface area contributed by atoms with Gasteiger partial charge in [-0.15, -0.1) is 0 Å². The molecule has 2 unspecified atom stereocenters. The second-order valence-corrected chi connectivity index (χ2v) is 7.42. The van der Waals surface area contributed by atoms with Crippen LogP contribution in [-0.4, -0.2) is 34.1 Å². The zero-order chi connectivity index (χ0) is 13.6. The number of piperidine rings is 1. The Hall–Kier alpha value is -0.140. The number of carbonyl (C=O) groups is 1. The second kappa shape index (κ2) is 5.33. The van der Waals surface area contributed by atoms with Crippen molar-refractivity contribution in [2.75, 3.05) is 0 Å². The summed E-state index contributed by atoms with van der Waals surface area (Å²) < 4.78 is 1.91. The van der Waals surface area contributed by atoms with Gasteiger partial charge in [-0.2, -0.15) is 0 Å². The molecule has 1 aromatic carbocycles. The third-order valence-corrected chi connectivity index (χ3v) is 5.54. The van der Waals surface area contributed by atoms with Crippen molar-refractivity contribution >= 4 is 44.4 Å². The molecule has 0 aliphatic carbocycles. The van der Waals surface area contributed by atoms with Gasteiger partial charge in [0, 0.05) is 20.1 Å². The molecule has 0 radical (unpaired) electrons. The molecule has 3 nitrogen and oxygen atoms in total. The van der Waals surface area contributed by atoms with Crippen molar-refractivity contribution in [1.29, 1.82) is 0 Å². The normalized spacial score (nSPS) is 29.6. The van der Waals surface area contributed by atoms with Gasteiger partial charge in [-0.25, -0.2) is 0 Å². The van der Waals surface area contributed by atoms with Crippen molar-refractivity contribution in [3.8, 4) is 0 Å². The number of halogens is 2. The van der Waals surface area contributed by atoms with E-state index >= 15 is 0 Å². The van der Waals surface area contributed by atoms with Crippen LogP contribution in [0.25, 0.3) is 0 Å². The average molecular weight is 436 g/mol. The molecule has 0 saturated carbocycles. The van der Waals surface area contributed by atoms with Gasteiger partial charge in [-0.05, 0) is 66.5 Å². The number of aliphatic hydroxyl groups excluding tert-OH is 1. The molecule has 1 N–H and O–H groups in total. The summed E-state index contributed by atoms with van der Waals surface area (Å²) in [4.78, 5) is 14.8. The van der Waals surface area contributed by atoms with Gasteiger partial charge >= 0.3 is 0 Å². The Morgan fingerprint density at radius 2 is 1.95 bits per heavy atom. The van der Waals surface area contributed by atoms with Crippen LogP contribution >= 0.6 is 38.5 Å². The minimum atomic E-state index is -0.233. The van der Waals surface area contributed by atoms with Crippen LogP contribution in [-0.2, 0) is 0 Å². The summed E-state index contributed by atoms with van der Waals surface area (Å²) in [6, 6.07) is 6.24. The van der Waals surface area contributed by atoms with E-state index in [1.807, 2.05) is 23.1 Å². The van der Waals surface area contributed by atoms with E-state index in [2.05, 4.69) is 38.5 Å². The third kappa shape index (κ3) is 2.56. The molecule has 2 heterocycles. The lowest BCUT2D eigenvalue weighted by molar-refractivity contribution is 0.0286. The van der Waals surface area contributed by atoms with E-state index in [0.717, 1.165) is 39.3 Å². The fourth-order valence-electron chi connectivity index (χ4n) is 3.28. The van der Waals surface area contributed by atoms with E-state index in [-0.39, 0.29) is 24.1 Å². The summed E-state index contributed by atoms with van der Waals surface area (Å²) in [7, 11) is 0. The smallest absolute Gasteiger partial charge is 0.255 e. The highest BCUT2D eigenvalue weighted by Crippen LogP contribution is 2.37. The molecular weight excluding hydrogens is 421 g/mol. The molecule has 1 amide bonds. The third-order valence-electron chi connectivity index (χ3n) is 4.10. The first kappa shape index (κ1) is 13.8. The molecule has 2 saturated heterocycles. The molecule has 102 valence electrons. The largest absolute Gasteiger partial charge is 0.393 e. The quantitative estimate of drug-likeness (QED) is 0.688. The lowest BCUT2D eigenvalue weighted by Crippen LogP contribution is -2.48. The van der Waals surface area contributed by atoms with Crippen LogP contribution in [0, 0.1) is 3.57 Å². The van der Waals surface area contributed by atoms with Crippen LogP contribution in [0.3, 0.4) is 0 Å². The summed E-state index contributed by atoms with van der Waals surface area (Å²) in [5, 5.41) is 9.81. The van der Waals surface area contributed by atoms with Crippen molar-refractivity contribution in [2.45, 2.75) is 43.9 Å². The maximum atomic E-state index is 12.8. The van der Waals surface area contributed by atoms with Crippen molar-refractivity contribution in [1.82, 2.24) is 4.90 Å². The molecule has 2 bridgehead atoms. The minimum Gasteiger partial charge on any atom is -0.393 e. The molecule has 2 atom stereocenters. The summed E-state index contributed by atoms with van der Waals surface area (Å²) in [6.07, 6.45) is 3.28. The first-order valence-electron chi connectivity index (χ1n) is 6.52. The van der Waals surface area contributed by atoms with Gasteiger partial charge in [-0.3, -0.25) is 4.79 Å². The number of nitrogens with zero attached hydrogens (tertiary/aromatic N) is 1. The Balaban J connectivity index is 1.90. The Morgan fingerprint density at radius 1 is 1.32 bits per heavy atom. The number of amides is 1. The van der Waals surface area contributed by atoms with Crippen molar-refractivity contribution in [3.63, 3.8) is 0 Å². The van der Waals surface area contributed by atoms with E-state index in [0.29, 0.717) is 0 Å². The second-order valence-electron chi connectivity index (χ2n) is 5.35. The Labute approximate surface area is 134 Å². The van der Waals surface area contributed by atoms with E-state index in [1.54, 1.807) is 0 Å². The van der Waals surface area contributed by atoms with Crippen molar-refractivity contribution in [3.05, 3.63) is 31.8 Å². The highest BCUT2D eigenvalue weighted by molar-refractivity contribution is 14.1. The van der Waals surface area contributed by atoms with Gasteiger partial charge in [0.15, 0.2) is 0 Å². The van der Waals surface area contributed by atoms with Crippen LogP contribution in [0.1, 0.15) is 36.0 Å². The van der Waals surface area contributed by atoms with Crippen LogP contribution in [0.15, 0.2) is 22.7 Å². The standard InChI is InChI=1S/C14H15BrINO2/c15-8-1-4-13(16)12(5-8)14(19)17-9-2-3-10(17)7-11(18)6-9/h1,4-5,9-11,18H,2-3,6-7H2. The molecule has 2 fully saturated rings. The number of fused-ring (bicyclic) bond motifs is 2. The number of hydrogen-bond acceptors (Lipinski definition) is 2. The molecule has 3 rings (SSSR count). The van der Waals surface area contributed by atoms with Gasteiger partial charge < -0.3 is 10.0 Å². The van der Waals surface area contributed by atoms with Crippen LogP contribution in [0.4, 0.5) is 0 Å². The fraction of sp³-hybridized carbons (Fsp3) is 0.500. The molecule has 5 heteroatoms. The van der Waals surface area contributed by atoms with Crippen molar-refractivity contribution in [2.24, 2.45) is 0 Å². The number of aliphatic hydroxyl groups is 1. The van der Waals surface area contributed by atoms with E-state index in [1.165, 1.54) is 0 Å². The molecule has 19 heavy (non-hydrogen) atoms. The summed E-state index contributed by atoms with van der Waals surface area (Å²) in [5.74, 6) is 0.116. The molecule has 0 aromatic heterocycles. The van der Waals surface area contributed by atoms with Gasteiger partial charge in [0.05, 0.1) is 11.7 Å². The van der Waals surface area contributed by atoms with Crippen LogP contribution in [0.2, 0.25) is 0 Å². The zero-order valence-electron chi connectivity index (χ0n) is 10.4. The predicted octanol–water partition coefficient (Wildman–Crippen LogP) is 3.18. The topological polar surface area (TPSA) is 40.5 Å². The number of hydrogen-bond donors (Lipinski definition) is 1. The lowest BCUT2D eigenvalue weighted by Gasteiger charge is -2.37. The van der Waals surface area contributed by atoms with E-state index in [4.69, 9.17) is 0 Å². The molecule has 2 aliphatic heterocycles. The maximum absolute atomic E-state index is 12.8. The maximum Gasteiger partial charge on any atom is 0.255 e. The monoisotopic (exact) mass is 435 g/mol. The highest BCUT2D eigenvalue weighted by atomic mass is 127. The Morgan fingerprint density at radius 3 is 2.58 bits per heavy atom. The summed E-state index contributed by atoms with van der Waals surface area (Å²) in [6.45, 7) is 0. The number of rotatable bonds is 1. The molecular formula is C14H15BrINO2. The van der Waals surface area contributed by atoms with Gasteiger partial charge in [0.1, 0.15) is 0 Å². The molecule has 2 aliphatic rings. The van der Waals surface area contributed by atoms with Gasteiger partial charge in [-0.1, -0.05) is 15.9 Å². The fourth-order valence-corrected chi connectivity index (χ4v) is 4.21. The average Bonchev–Trinajstić information content (AvgIpc) is 2.64. The Bertz CT molecular complexity index is 508. The Kier molecular flexibility index (Phi) is 3.88. The van der Waals surface area contributed by atoms with Crippen LogP contribution < -0.4 is 0 Å². The summed E-state index contributed by atoms with van der Waals surface area (Å²) in [5.41, 5.74) is 0.767. The van der Waals surface area contributed by atoms with Crippen LogP contribution in [0.5, 0.6) is 0 Å². The summed E-state index contributed by atoms with van der Waals surface area (Å²) >= 11 is 5.64. The van der Waals surface area contributed by atoms with Gasteiger partial charge in [0.2, 0.25) is 0 Å². The lowest BCUT2D eigenvalue weighted by atomic mass is 9.99. The first-order valence-corrected chi connectivity index (χ1v) is 8.39. The predicted molar refractivity (Wildman–Crippen MR) is 85.1 cm³/mol. The van der Waals surface area contributed by atoms with Gasteiger partial charge in [0.25, 0.3) is 5.91 Å². The molecule has 0 spiro atoms. The van der Waals surface area contributed by atoms with E-state index in [9.17, 15) is 9.90 Å². The number of benzene rings is 1. The number of carbonyl (C=O) groups excluding carboxylic acids is 1. The zero-order valence-corrected chi connectivity index (χ0v) is 14.1. The SMILES string of the molecule is O=C(c1cc(Br)ccc1I)N1C2CCC1CC(O)C2. The molecule has 1 aromatic rings. The minimum absolute atomic E-state index is 0.116. The van der Waals surface area contributed by atoms with Crippen molar-refractivity contribution < 1.29 is 9.90 Å². The first-order chi connectivity index (χ1) is 9.06. The highest BCUT2D eigenvalue weighted by Gasteiger charge is 2.43.